The molecule has 22 heavy (non-hydrogen) atoms. The number of hydrogen-bond acceptors (Lipinski definition) is 4. The second kappa shape index (κ2) is 6.76. The lowest BCUT2D eigenvalue weighted by Crippen LogP contribution is -2.41. The Kier molecular flexibility index (Phi) is 4.99. The lowest BCUT2D eigenvalue weighted by atomic mass is 10.1. The van der Waals surface area contributed by atoms with Crippen molar-refractivity contribution in [3.05, 3.63) is 53.5 Å². The average Bonchev–Trinajstić information content (AvgIpc) is 2.92. The minimum Gasteiger partial charge on any atom is -0.469 e. The van der Waals surface area contributed by atoms with Gasteiger partial charge in [0.1, 0.15) is 5.76 Å². The van der Waals surface area contributed by atoms with E-state index in [2.05, 4.69) is 17.2 Å². The molecule has 0 saturated heterocycles. The number of carbonyl (C=O) groups excluding carboxylic acids is 1. The van der Waals surface area contributed by atoms with Crippen molar-refractivity contribution in [1.29, 1.82) is 0 Å². The van der Waals surface area contributed by atoms with Gasteiger partial charge in [-0.05, 0) is 37.1 Å². The Balaban J connectivity index is 2.05. The minimum atomic E-state index is -3.80. The molecule has 0 saturated carbocycles. The summed E-state index contributed by atoms with van der Waals surface area (Å²) in [5.74, 6) is -0.155. The van der Waals surface area contributed by atoms with Crippen LogP contribution in [0.3, 0.4) is 0 Å². The highest BCUT2D eigenvalue weighted by Crippen LogP contribution is 2.12. The lowest BCUT2D eigenvalue weighted by Gasteiger charge is -2.08. The van der Waals surface area contributed by atoms with Crippen LogP contribution in [0.2, 0.25) is 0 Å². The molecule has 0 atom stereocenters. The topological polar surface area (TPSA) is 88.4 Å². The van der Waals surface area contributed by atoms with Crippen molar-refractivity contribution in [2.45, 2.75) is 31.6 Å². The quantitative estimate of drug-likeness (QED) is 0.798. The van der Waals surface area contributed by atoms with Crippen molar-refractivity contribution in [3.8, 4) is 0 Å². The minimum absolute atomic E-state index is 0.0940. The number of furan rings is 1. The van der Waals surface area contributed by atoms with Crippen molar-refractivity contribution in [2.75, 3.05) is 0 Å². The Morgan fingerprint density at radius 3 is 2.41 bits per heavy atom. The van der Waals surface area contributed by atoms with Crippen LogP contribution in [0, 0.1) is 6.92 Å². The Hall–Kier alpha value is -2.12. The maximum absolute atomic E-state index is 12.1. The first-order valence-corrected chi connectivity index (χ1v) is 8.37. The Morgan fingerprint density at radius 1 is 1.18 bits per heavy atom. The van der Waals surface area contributed by atoms with Crippen molar-refractivity contribution in [3.63, 3.8) is 0 Å². The summed E-state index contributed by atoms with van der Waals surface area (Å²) < 4.78 is 29.2. The predicted molar refractivity (Wildman–Crippen MR) is 81.7 cm³/mol. The van der Waals surface area contributed by atoms with E-state index in [-0.39, 0.29) is 10.5 Å². The fourth-order valence-corrected chi connectivity index (χ4v) is 2.82. The van der Waals surface area contributed by atoms with Crippen LogP contribution < -0.4 is 10.3 Å². The largest absolute Gasteiger partial charge is 0.469 e. The van der Waals surface area contributed by atoms with Gasteiger partial charge in [-0.1, -0.05) is 25.5 Å². The number of aryl methyl sites for hydroxylation is 2. The molecule has 0 bridgehead atoms. The maximum atomic E-state index is 12.1. The van der Waals surface area contributed by atoms with Crippen LogP contribution in [-0.4, -0.2) is 14.3 Å². The molecule has 0 aliphatic carbocycles. The third-order valence-electron chi connectivity index (χ3n) is 3.17. The van der Waals surface area contributed by atoms with Gasteiger partial charge in [-0.25, -0.2) is 8.42 Å². The molecule has 2 aromatic rings. The number of sulfonamides is 1. The smallest absolute Gasteiger partial charge is 0.269 e. The van der Waals surface area contributed by atoms with Gasteiger partial charge in [-0.3, -0.25) is 10.2 Å². The number of carbonyl (C=O) groups is 1. The summed E-state index contributed by atoms with van der Waals surface area (Å²) in [6.45, 7) is 3.68. The van der Waals surface area contributed by atoms with Crippen LogP contribution in [0.5, 0.6) is 0 Å². The van der Waals surface area contributed by atoms with Crippen LogP contribution >= 0.6 is 0 Å². The third-order valence-corrected chi connectivity index (χ3v) is 4.44. The van der Waals surface area contributed by atoms with E-state index in [9.17, 15) is 13.2 Å². The van der Waals surface area contributed by atoms with Gasteiger partial charge in [0.15, 0.2) is 0 Å². The zero-order valence-corrected chi connectivity index (χ0v) is 13.2. The van der Waals surface area contributed by atoms with Crippen LogP contribution in [0.25, 0.3) is 0 Å². The molecule has 118 valence electrons. The highest BCUT2D eigenvalue weighted by atomic mass is 32.2. The molecule has 7 heteroatoms. The Bertz CT molecular complexity index is 748. The molecular weight excluding hydrogens is 304 g/mol. The zero-order valence-electron chi connectivity index (χ0n) is 12.4. The highest BCUT2D eigenvalue weighted by molar-refractivity contribution is 7.89. The van der Waals surface area contributed by atoms with Crippen LogP contribution in [0.15, 0.2) is 45.9 Å². The average molecular weight is 322 g/mol. The molecule has 1 aromatic carbocycles. The summed E-state index contributed by atoms with van der Waals surface area (Å²) in [4.78, 5) is 14.0. The summed E-state index contributed by atoms with van der Waals surface area (Å²) in [5.41, 5.74) is 3.52. The first-order chi connectivity index (χ1) is 10.4. The molecule has 0 aliphatic rings. The van der Waals surface area contributed by atoms with Crippen molar-refractivity contribution in [2.24, 2.45) is 0 Å². The predicted octanol–water partition coefficient (Wildman–Crippen LogP) is 2.16. The maximum Gasteiger partial charge on any atom is 0.269 e. The zero-order chi connectivity index (χ0) is 16.2. The summed E-state index contributed by atoms with van der Waals surface area (Å²) in [5, 5.41) is 0. The van der Waals surface area contributed by atoms with Gasteiger partial charge >= 0.3 is 0 Å². The van der Waals surface area contributed by atoms with E-state index in [0.717, 1.165) is 18.4 Å². The van der Waals surface area contributed by atoms with Gasteiger partial charge in [0, 0.05) is 0 Å². The molecule has 1 heterocycles. The second-order valence-corrected chi connectivity index (χ2v) is 6.53. The number of hydrogen-bond donors (Lipinski definition) is 2. The molecule has 6 nitrogen and oxygen atoms in total. The van der Waals surface area contributed by atoms with Gasteiger partial charge < -0.3 is 4.42 Å². The number of benzene rings is 1. The normalized spacial score (nSPS) is 11.4. The molecule has 1 aromatic heterocycles. The van der Waals surface area contributed by atoms with E-state index in [1.165, 1.54) is 24.5 Å². The molecule has 0 aliphatic heterocycles. The SMILES string of the molecule is CCCc1ccc(S(=O)(=O)NNC(=O)c2ccoc2C)cc1. The number of amides is 1. The van der Waals surface area contributed by atoms with Crippen molar-refractivity contribution < 1.29 is 17.6 Å². The molecule has 0 fully saturated rings. The van der Waals surface area contributed by atoms with Crippen LogP contribution in [0.1, 0.15) is 35.0 Å². The van der Waals surface area contributed by atoms with Crippen molar-refractivity contribution >= 4 is 15.9 Å². The number of rotatable bonds is 6. The van der Waals surface area contributed by atoms with Crippen LogP contribution in [0.4, 0.5) is 0 Å². The number of hydrazine groups is 1. The van der Waals surface area contributed by atoms with Gasteiger partial charge in [0.05, 0.1) is 16.7 Å². The highest BCUT2D eigenvalue weighted by Gasteiger charge is 2.17. The molecule has 2 N–H and O–H groups in total. The molecule has 0 unspecified atom stereocenters. The van der Waals surface area contributed by atoms with E-state index < -0.39 is 15.9 Å². The van der Waals surface area contributed by atoms with E-state index in [0.29, 0.717) is 5.76 Å². The molecule has 0 spiro atoms. The van der Waals surface area contributed by atoms with Gasteiger partial charge in [0.2, 0.25) is 0 Å². The van der Waals surface area contributed by atoms with E-state index in [1.54, 1.807) is 19.1 Å². The summed E-state index contributed by atoms with van der Waals surface area (Å²) >= 11 is 0. The second-order valence-electron chi connectivity index (χ2n) is 4.84. The monoisotopic (exact) mass is 322 g/mol. The standard InChI is InChI=1S/C15H18N2O4S/c1-3-4-12-5-7-13(8-6-12)22(19,20)17-16-15(18)14-9-10-21-11(14)2/h5-10,17H,3-4H2,1-2H3,(H,16,18). The molecular formula is C15H18N2O4S. The fraction of sp³-hybridized carbons (Fsp3) is 0.267. The van der Waals surface area contributed by atoms with E-state index >= 15 is 0 Å². The van der Waals surface area contributed by atoms with Gasteiger partial charge in [0.25, 0.3) is 15.9 Å². The van der Waals surface area contributed by atoms with Gasteiger partial charge in [-0.15, -0.1) is 4.83 Å². The Morgan fingerprint density at radius 2 is 1.86 bits per heavy atom. The summed E-state index contributed by atoms with van der Waals surface area (Å²) in [6, 6.07) is 8.03. The van der Waals surface area contributed by atoms with Crippen LogP contribution in [-0.2, 0) is 16.4 Å². The summed E-state index contributed by atoms with van der Waals surface area (Å²) in [6.07, 6.45) is 3.25. The van der Waals surface area contributed by atoms with Gasteiger partial charge in [-0.2, -0.15) is 0 Å². The van der Waals surface area contributed by atoms with E-state index in [1.807, 2.05) is 0 Å². The van der Waals surface area contributed by atoms with E-state index in [4.69, 9.17) is 4.42 Å². The molecule has 0 radical (unpaired) electrons. The summed E-state index contributed by atoms with van der Waals surface area (Å²) in [7, 11) is -3.80. The fourth-order valence-electron chi connectivity index (χ4n) is 1.98. The third kappa shape index (κ3) is 3.75. The molecule has 2 rings (SSSR count). The first kappa shape index (κ1) is 16.3. The van der Waals surface area contributed by atoms with Crippen molar-refractivity contribution in [1.82, 2.24) is 10.3 Å². The Labute approximate surface area is 129 Å². The molecule has 1 amide bonds. The number of nitrogens with one attached hydrogen (secondary N) is 2. The first-order valence-electron chi connectivity index (χ1n) is 6.89. The lowest BCUT2D eigenvalue weighted by molar-refractivity contribution is 0.0943.